The molecule has 0 aromatic carbocycles. The number of ether oxygens (including phenoxy) is 2. The summed E-state index contributed by atoms with van der Waals surface area (Å²) in [5.41, 5.74) is 0.413. The van der Waals surface area contributed by atoms with E-state index in [-0.39, 0.29) is 35.6 Å². The van der Waals surface area contributed by atoms with Crippen molar-refractivity contribution in [1.82, 2.24) is 0 Å². The Morgan fingerprint density at radius 1 is 1.42 bits per heavy atom. The molecule has 4 nitrogen and oxygen atoms in total. The second kappa shape index (κ2) is 3.41. The van der Waals surface area contributed by atoms with Gasteiger partial charge in [0.25, 0.3) is 0 Å². The first-order valence-electron chi connectivity index (χ1n) is 7.17. The lowest BCUT2D eigenvalue weighted by Crippen LogP contribution is -2.40. The zero-order valence-corrected chi connectivity index (χ0v) is 11.3. The fraction of sp³-hybridized carbons (Fsp3) is 0.800. The summed E-state index contributed by atoms with van der Waals surface area (Å²) in [7, 11) is 0. The van der Waals surface area contributed by atoms with Crippen molar-refractivity contribution in [2.45, 2.75) is 51.1 Å². The summed E-state index contributed by atoms with van der Waals surface area (Å²) in [4.78, 5) is 11.7. The molecular weight excluding hydrogens is 244 g/mol. The summed E-state index contributed by atoms with van der Waals surface area (Å²) in [6.07, 6.45) is 1.39. The molecule has 0 aromatic rings. The van der Waals surface area contributed by atoms with Gasteiger partial charge in [-0.3, -0.25) is 0 Å². The maximum atomic E-state index is 11.7. The predicted molar refractivity (Wildman–Crippen MR) is 67.2 cm³/mol. The summed E-state index contributed by atoms with van der Waals surface area (Å²) >= 11 is 0. The molecule has 2 aliphatic heterocycles. The van der Waals surface area contributed by atoms with E-state index >= 15 is 0 Å². The van der Waals surface area contributed by atoms with Crippen molar-refractivity contribution in [3.05, 3.63) is 12.2 Å². The zero-order valence-electron chi connectivity index (χ0n) is 11.3. The van der Waals surface area contributed by atoms with Gasteiger partial charge in [-0.05, 0) is 24.7 Å². The van der Waals surface area contributed by atoms with Crippen molar-refractivity contribution in [3.8, 4) is 0 Å². The molecular formula is C15H20O4. The molecule has 2 aliphatic carbocycles. The molecule has 0 aromatic heterocycles. The normalized spacial score (nSPS) is 59.0. The molecule has 2 saturated heterocycles. The molecule has 104 valence electrons. The van der Waals surface area contributed by atoms with E-state index in [0.29, 0.717) is 17.4 Å². The smallest absolute Gasteiger partial charge is 0.334 e. The van der Waals surface area contributed by atoms with Crippen molar-refractivity contribution in [2.75, 3.05) is 0 Å². The van der Waals surface area contributed by atoms with Crippen molar-refractivity contribution in [2.24, 2.45) is 23.2 Å². The van der Waals surface area contributed by atoms with Crippen molar-refractivity contribution < 1.29 is 19.4 Å². The molecule has 1 N–H and O–H groups in total. The van der Waals surface area contributed by atoms with Crippen molar-refractivity contribution in [1.29, 1.82) is 0 Å². The Balaban J connectivity index is 1.73. The second-order valence-corrected chi connectivity index (χ2v) is 7.03. The number of carbonyl (C=O) groups is 1. The van der Waals surface area contributed by atoms with Gasteiger partial charge in [0.05, 0.1) is 12.2 Å². The van der Waals surface area contributed by atoms with Crippen LogP contribution in [0.1, 0.15) is 26.7 Å². The lowest BCUT2D eigenvalue weighted by atomic mass is 9.68. The van der Waals surface area contributed by atoms with Crippen LogP contribution in [0.4, 0.5) is 0 Å². The third-order valence-electron chi connectivity index (χ3n) is 5.96. The second-order valence-electron chi connectivity index (χ2n) is 7.03. The highest BCUT2D eigenvalue weighted by molar-refractivity contribution is 5.90. The predicted octanol–water partition coefficient (Wildman–Crippen LogP) is 1.28. The van der Waals surface area contributed by atoms with Gasteiger partial charge < -0.3 is 14.6 Å². The molecule has 4 rings (SSSR count). The molecule has 19 heavy (non-hydrogen) atoms. The third kappa shape index (κ3) is 1.34. The van der Waals surface area contributed by atoms with Gasteiger partial charge in [0.2, 0.25) is 0 Å². The first-order chi connectivity index (χ1) is 8.93. The number of aliphatic hydroxyl groups is 1. The lowest BCUT2D eigenvalue weighted by Gasteiger charge is -2.38. The van der Waals surface area contributed by atoms with E-state index in [9.17, 15) is 9.90 Å². The zero-order chi connectivity index (χ0) is 13.5. The molecule has 0 amide bonds. The van der Waals surface area contributed by atoms with Crippen LogP contribution in [0, 0.1) is 23.2 Å². The van der Waals surface area contributed by atoms with Crippen LogP contribution in [0.5, 0.6) is 0 Å². The van der Waals surface area contributed by atoms with Gasteiger partial charge in [0.15, 0.2) is 0 Å². The van der Waals surface area contributed by atoms with E-state index in [0.717, 1.165) is 12.8 Å². The maximum Gasteiger partial charge on any atom is 0.334 e. The Morgan fingerprint density at radius 3 is 2.89 bits per heavy atom. The van der Waals surface area contributed by atoms with Crippen LogP contribution in [0.25, 0.3) is 0 Å². The average Bonchev–Trinajstić information content (AvgIpc) is 3.04. The number of epoxide rings is 1. The number of aliphatic hydroxyl groups excluding tert-OH is 1. The number of hydrogen-bond acceptors (Lipinski definition) is 4. The Bertz CT molecular complexity index is 473. The summed E-state index contributed by atoms with van der Waals surface area (Å²) in [6.45, 7) is 8.24. The molecule has 0 spiro atoms. The molecule has 0 radical (unpaired) electrons. The molecule has 4 heteroatoms. The molecule has 8 atom stereocenters. The quantitative estimate of drug-likeness (QED) is 0.407. The van der Waals surface area contributed by atoms with Gasteiger partial charge in [0, 0.05) is 16.9 Å². The minimum atomic E-state index is -0.424. The maximum absolute atomic E-state index is 11.7. The highest BCUT2D eigenvalue weighted by Gasteiger charge is 2.70. The standard InChI is InChI=1S/C15H20O4/c1-6-4-9-8(7(2)14(17)18-9)5-15(3)10(6)11-12(19-11)13(15)16/h6,8-13,16H,2,4-5H2,1,3H3/t6-,8-,9+,10-,11-,12-,13+,15+/m1/s1. The topological polar surface area (TPSA) is 59.1 Å². The SMILES string of the molecule is C=C1C(=O)O[C@H]2C[C@@H](C)[C@@H]3[C@H]4O[C@H]4[C@H](O)[C@@]3(C)C[C@H]12. The van der Waals surface area contributed by atoms with Gasteiger partial charge >= 0.3 is 5.97 Å². The van der Waals surface area contributed by atoms with Gasteiger partial charge in [-0.2, -0.15) is 0 Å². The van der Waals surface area contributed by atoms with Crippen LogP contribution in [-0.2, 0) is 14.3 Å². The summed E-state index contributed by atoms with van der Waals surface area (Å²) in [6, 6.07) is 0. The molecule has 4 aliphatic rings. The number of hydrogen-bond donors (Lipinski definition) is 1. The average molecular weight is 264 g/mol. The Kier molecular flexibility index (Phi) is 2.14. The summed E-state index contributed by atoms with van der Waals surface area (Å²) < 4.78 is 11.1. The summed E-state index contributed by atoms with van der Waals surface area (Å²) in [5, 5.41) is 10.5. The van der Waals surface area contributed by atoms with Gasteiger partial charge in [-0.15, -0.1) is 0 Å². The highest BCUT2D eigenvalue weighted by atomic mass is 16.6. The van der Waals surface area contributed by atoms with Gasteiger partial charge in [0.1, 0.15) is 12.2 Å². The van der Waals surface area contributed by atoms with Crippen LogP contribution >= 0.6 is 0 Å². The highest BCUT2D eigenvalue weighted by Crippen LogP contribution is 2.62. The van der Waals surface area contributed by atoms with Crippen molar-refractivity contribution in [3.63, 3.8) is 0 Å². The van der Waals surface area contributed by atoms with Gasteiger partial charge in [-0.25, -0.2) is 4.79 Å². The van der Waals surface area contributed by atoms with E-state index in [1.165, 1.54) is 0 Å². The van der Waals surface area contributed by atoms with Crippen LogP contribution in [0.2, 0.25) is 0 Å². The van der Waals surface area contributed by atoms with Crippen molar-refractivity contribution >= 4 is 5.97 Å². The third-order valence-corrected chi connectivity index (χ3v) is 5.96. The van der Waals surface area contributed by atoms with E-state index in [1.807, 2.05) is 0 Å². The van der Waals surface area contributed by atoms with Gasteiger partial charge in [-0.1, -0.05) is 20.4 Å². The Morgan fingerprint density at radius 2 is 2.16 bits per heavy atom. The van der Waals surface area contributed by atoms with E-state index in [1.54, 1.807) is 0 Å². The molecule has 0 unspecified atom stereocenters. The molecule has 2 heterocycles. The number of fused-ring (bicyclic) bond motifs is 4. The van der Waals surface area contributed by atoms with E-state index < -0.39 is 6.10 Å². The van der Waals surface area contributed by atoms with Crippen LogP contribution in [0.3, 0.4) is 0 Å². The number of carbonyl (C=O) groups excluding carboxylic acids is 1. The fourth-order valence-corrected chi connectivity index (χ4v) is 4.98. The lowest BCUT2D eigenvalue weighted by molar-refractivity contribution is -0.139. The van der Waals surface area contributed by atoms with Crippen LogP contribution < -0.4 is 0 Å². The minimum Gasteiger partial charge on any atom is -0.458 e. The molecule has 0 bridgehead atoms. The Hall–Kier alpha value is -0.870. The monoisotopic (exact) mass is 264 g/mol. The first-order valence-corrected chi connectivity index (χ1v) is 7.17. The molecule has 2 saturated carbocycles. The van der Waals surface area contributed by atoms with E-state index in [4.69, 9.17) is 9.47 Å². The Labute approximate surface area is 112 Å². The van der Waals surface area contributed by atoms with Crippen LogP contribution in [-0.4, -0.2) is 35.5 Å². The first kappa shape index (κ1) is 11.9. The number of rotatable bonds is 0. The largest absolute Gasteiger partial charge is 0.458 e. The number of esters is 1. The van der Waals surface area contributed by atoms with E-state index in [2.05, 4.69) is 20.4 Å². The fourth-order valence-electron chi connectivity index (χ4n) is 4.98. The van der Waals surface area contributed by atoms with Crippen LogP contribution in [0.15, 0.2) is 12.2 Å². The summed E-state index contributed by atoms with van der Waals surface area (Å²) in [5.74, 6) is 0.575. The molecule has 4 fully saturated rings. The minimum absolute atomic E-state index is 0.0142.